The number of nitrogens with zero attached hydrogens (tertiary/aromatic N) is 1. The van der Waals surface area contributed by atoms with Gasteiger partial charge in [0.25, 0.3) is 0 Å². The molecule has 1 atom stereocenters. The highest BCUT2D eigenvalue weighted by atomic mass is 35.5. The predicted molar refractivity (Wildman–Crippen MR) is 85.2 cm³/mol. The molecule has 1 N–H and O–H groups in total. The van der Waals surface area contributed by atoms with Crippen molar-refractivity contribution in [2.45, 2.75) is 33.4 Å². The minimum Gasteiger partial charge on any atom is -0.336 e. The first kappa shape index (κ1) is 17.3. The van der Waals surface area contributed by atoms with Crippen molar-refractivity contribution < 1.29 is 4.79 Å². The van der Waals surface area contributed by atoms with Crippen molar-refractivity contribution >= 4 is 29.1 Å². The molecule has 0 aliphatic carbocycles. The summed E-state index contributed by atoms with van der Waals surface area (Å²) in [6, 6.07) is 5.62. The molecule has 0 fully saturated rings. The lowest BCUT2D eigenvalue weighted by molar-refractivity contribution is -0.137. The van der Waals surface area contributed by atoms with Crippen molar-refractivity contribution in [3.63, 3.8) is 0 Å². The van der Waals surface area contributed by atoms with Gasteiger partial charge in [0.15, 0.2) is 0 Å². The summed E-state index contributed by atoms with van der Waals surface area (Å²) in [4.78, 5) is 14.3. The van der Waals surface area contributed by atoms with E-state index >= 15 is 0 Å². The molecule has 0 aliphatic rings. The summed E-state index contributed by atoms with van der Waals surface area (Å²) in [5, 5.41) is 4.08. The summed E-state index contributed by atoms with van der Waals surface area (Å²) >= 11 is 11.9. The lowest BCUT2D eigenvalue weighted by Gasteiger charge is -2.29. The van der Waals surface area contributed by atoms with Crippen molar-refractivity contribution in [2.24, 2.45) is 5.92 Å². The third kappa shape index (κ3) is 4.65. The van der Waals surface area contributed by atoms with E-state index in [2.05, 4.69) is 5.32 Å². The van der Waals surface area contributed by atoms with E-state index in [0.717, 1.165) is 5.56 Å². The minimum atomic E-state index is -0.0508. The van der Waals surface area contributed by atoms with Gasteiger partial charge in [-0.3, -0.25) is 4.79 Å². The number of carbonyl (C=O) groups is 1. The van der Waals surface area contributed by atoms with Gasteiger partial charge in [0.1, 0.15) is 0 Å². The van der Waals surface area contributed by atoms with Gasteiger partial charge in [0.05, 0.1) is 10.0 Å². The van der Waals surface area contributed by atoms with Gasteiger partial charge in [-0.05, 0) is 38.6 Å². The summed E-state index contributed by atoms with van der Waals surface area (Å²) in [5.74, 6) is 0.0885. The zero-order chi connectivity index (χ0) is 15.3. The fourth-order valence-electron chi connectivity index (χ4n) is 2.03. The third-order valence-electron chi connectivity index (χ3n) is 3.18. The molecule has 1 amide bonds. The Morgan fingerprint density at radius 1 is 1.25 bits per heavy atom. The second-order valence-electron chi connectivity index (χ2n) is 5.27. The smallest absolute Gasteiger partial charge is 0.227 e. The van der Waals surface area contributed by atoms with E-state index in [1.54, 1.807) is 6.07 Å². The van der Waals surface area contributed by atoms with E-state index in [-0.39, 0.29) is 17.9 Å². The number of hydrogen-bond acceptors (Lipinski definition) is 2. The standard InChI is InChI=1S/C15H22Cl2N2O/c1-10(2)19(15(20)11(3)8-18-4)9-12-5-6-13(16)14(17)7-12/h5-7,10-11,18H,8-9H2,1-4H3. The van der Waals surface area contributed by atoms with Crippen LogP contribution in [0.2, 0.25) is 10.0 Å². The van der Waals surface area contributed by atoms with Crippen molar-refractivity contribution in [3.05, 3.63) is 33.8 Å². The molecule has 0 spiro atoms. The molecule has 20 heavy (non-hydrogen) atoms. The molecule has 1 rings (SSSR count). The highest BCUT2D eigenvalue weighted by Crippen LogP contribution is 2.24. The van der Waals surface area contributed by atoms with Crippen LogP contribution in [0.5, 0.6) is 0 Å². The average Bonchev–Trinajstić information content (AvgIpc) is 2.39. The summed E-state index contributed by atoms with van der Waals surface area (Å²) < 4.78 is 0. The Hall–Kier alpha value is -0.770. The van der Waals surface area contributed by atoms with E-state index in [1.807, 2.05) is 44.9 Å². The summed E-state index contributed by atoms with van der Waals surface area (Å²) in [7, 11) is 1.85. The van der Waals surface area contributed by atoms with Crippen molar-refractivity contribution in [3.8, 4) is 0 Å². The predicted octanol–water partition coefficient (Wildman–Crippen LogP) is 3.59. The third-order valence-corrected chi connectivity index (χ3v) is 3.91. The normalized spacial score (nSPS) is 12.6. The fraction of sp³-hybridized carbons (Fsp3) is 0.533. The van der Waals surface area contributed by atoms with Crippen LogP contribution in [0.1, 0.15) is 26.3 Å². The Bertz CT molecular complexity index is 463. The van der Waals surface area contributed by atoms with Gasteiger partial charge in [-0.2, -0.15) is 0 Å². The number of rotatable bonds is 6. The maximum absolute atomic E-state index is 12.5. The van der Waals surface area contributed by atoms with Gasteiger partial charge in [-0.15, -0.1) is 0 Å². The highest BCUT2D eigenvalue weighted by Gasteiger charge is 2.22. The van der Waals surface area contributed by atoms with Crippen LogP contribution in [0.4, 0.5) is 0 Å². The van der Waals surface area contributed by atoms with Gasteiger partial charge in [0, 0.05) is 25.0 Å². The molecule has 0 radical (unpaired) electrons. The van der Waals surface area contributed by atoms with E-state index in [0.29, 0.717) is 23.1 Å². The van der Waals surface area contributed by atoms with Gasteiger partial charge in [-0.25, -0.2) is 0 Å². The Labute approximate surface area is 131 Å². The van der Waals surface area contributed by atoms with Crippen LogP contribution in [-0.4, -0.2) is 30.4 Å². The first-order valence-corrected chi connectivity index (χ1v) is 7.51. The van der Waals surface area contributed by atoms with Crippen LogP contribution in [-0.2, 0) is 11.3 Å². The lowest BCUT2D eigenvalue weighted by Crippen LogP contribution is -2.42. The second-order valence-corrected chi connectivity index (χ2v) is 6.08. The summed E-state index contributed by atoms with van der Waals surface area (Å²) in [6.07, 6.45) is 0. The molecular weight excluding hydrogens is 295 g/mol. The molecule has 0 saturated carbocycles. The molecular formula is C15H22Cl2N2O. The van der Waals surface area contributed by atoms with Crippen molar-refractivity contribution in [2.75, 3.05) is 13.6 Å². The maximum Gasteiger partial charge on any atom is 0.227 e. The number of halogens is 2. The zero-order valence-electron chi connectivity index (χ0n) is 12.4. The second kappa shape index (κ2) is 7.87. The number of amides is 1. The van der Waals surface area contributed by atoms with Crippen LogP contribution in [0, 0.1) is 5.92 Å². The maximum atomic E-state index is 12.5. The van der Waals surface area contributed by atoms with Crippen molar-refractivity contribution in [1.82, 2.24) is 10.2 Å². The van der Waals surface area contributed by atoms with E-state index in [4.69, 9.17) is 23.2 Å². The van der Waals surface area contributed by atoms with Crippen molar-refractivity contribution in [1.29, 1.82) is 0 Å². The molecule has 0 heterocycles. The Morgan fingerprint density at radius 2 is 1.90 bits per heavy atom. The molecule has 112 valence electrons. The quantitative estimate of drug-likeness (QED) is 0.870. The first-order chi connectivity index (χ1) is 9.36. The monoisotopic (exact) mass is 316 g/mol. The molecule has 1 aromatic rings. The Balaban J connectivity index is 2.86. The Kier molecular flexibility index (Phi) is 6.80. The summed E-state index contributed by atoms with van der Waals surface area (Å²) in [6.45, 7) is 7.18. The van der Waals surface area contributed by atoms with Crippen LogP contribution in [0.15, 0.2) is 18.2 Å². The Morgan fingerprint density at radius 3 is 2.40 bits per heavy atom. The fourth-order valence-corrected chi connectivity index (χ4v) is 2.35. The molecule has 3 nitrogen and oxygen atoms in total. The van der Waals surface area contributed by atoms with E-state index < -0.39 is 0 Å². The zero-order valence-corrected chi connectivity index (χ0v) is 13.9. The largest absolute Gasteiger partial charge is 0.336 e. The minimum absolute atomic E-state index is 0.0508. The molecule has 5 heteroatoms. The molecule has 0 saturated heterocycles. The average molecular weight is 317 g/mol. The SMILES string of the molecule is CNCC(C)C(=O)N(Cc1ccc(Cl)c(Cl)c1)C(C)C. The molecule has 0 bridgehead atoms. The van der Waals surface area contributed by atoms with Gasteiger partial charge < -0.3 is 10.2 Å². The number of carbonyl (C=O) groups excluding carboxylic acids is 1. The van der Waals surface area contributed by atoms with Gasteiger partial charge in [0.2, 0.25) is 5.91 Å². The molecule has 1 aromatic carbocycles. The van der Waals surface area contributed by atoms with Crippen LogP contribution in [0.25, 0.3) is 0 Å². The summed E-state index contributed by atoms with van der Waals surface area (Å²) in [5.41, 5.74) is 0.984. The first-order valence-electron chi connectivity index (χ1n) is 6.75. The van der Waals surface area contributed by atoms with Crippen LogP contribution >= 0.6 is 23.2 Å². The number of benzene rings is 1. The lowest BCUT2D eigenvalue weighted by atomic mass is 10.1. The van der Waals surface area contributed by atoms with E-state index in [1.165, 1.54) is 0 Å². The van der Waals surface area contributed by atoms with Crippen LogP contribution < -0.4 is 5.32 Å². The molecule has 0 aliphatic heterocycles. The van der Waals surface area contributed by atoms with Crippen LogP contribution in [0.3, 0.4) is 0 Å². The number of hydrogen-bond donors (Lipinski definition) is 1. The highest BCUT2D eigenvalue weighted by molar-refractivity contribution is 6.42. The van der Waals surface area contributed by atoms with E-state index in [9.17, 15) is 4.79 Å². The molecule has 1 unspecified atom stereocenters. The van der Waals surface area contributed by atoms with Gasteiger partial charge >= 0.3 is 0 Å². The topological polar surface area (TPSA) is 32.3 Å². The number of nitrogens with one attached hydrogen (secondary N) is 1. The molecule has 0 aromatic heterocycles. The van der Waals surface area contributed by atoms with Gasteiger partial charge in [-0.1, -0.05) is 36.2 Å².